The molecule has 0 fully saturated rings. The fourth-order valence-electron chi connectivity index (χ4n) is 2.10. The van der Waals surface area contributed by atoms with Crippen molar-refractivity contribution in [2.45, 2.75) is 6.61 Å². The molecule has 2 heterocycles. The number of esters is 1. The number of ether oxygens (including phenoxy) is 1. The quantitative estimate of drug-likeness (QED) is 0.590. The molecule has 0 radical (unpaired) electrons. The van der Waals surface area contributed by atoms with Crippen molar-refractivity contribution in [1.29, 1.82) is 0 Å². The SMILES string of the molecule is O=C(OCc1cc(=O)n2cc(Br)ccc2n1)c1c(Cl)cccc1Cl. The molecule has 0 N–H and O–H groups in total. The lowest BCUT2D eigenvalue weighted by Crippen LogP contribution is -2.16. The average molecular weight is 428 g/mol. The Morgan fingerprint density at radius 2 is 1.92 bits per heavy atom. The van der Waals surface area contributed by atoms with Gasteiger partial charge in [0, 0.05) is 16.7 Å². The molecule has 8 heteroatoms. The fourth-order valence-corrected chi connectivity index (χ4v) is 2.99. The van der Waals surface area contributed by atoms with E-state index in [1.807, 2.05) is 0 Å². The van der Waals surface area contributed by atoms with Crippen molar-refractivity contribution in [3.05, 3.63) is 78.7 Å². The van der Waals surface area contributed by atoms with Crippen molar-refractivity contribution in [1.82, 2.24) is 9.38 Å². The minimum atomic E-state index is -0.677. The molecule has 3 aromatic rings. The molecule has 0 aliphatic carbocycles. The van der Waals surface area contributed by atoms with Crippen LogP contribution in [0.4, 0.5) is 0 Å². The van der Waals surface area contributed by atoms with Gasteiger partial charge in [-0.3, -0.25) is 9.20 Å². The number of hydrogen-bond acceptors (Lipinski definition) is 4. The molecule has 2 aromatic heterocycles. The number of halogens is 3. The van der Waals surface area contributed by atoms with E-state index in [4.69, 9.17) is 27.9 Å². The zero-order valence-corrected chi connectivity index (χ0v) is 15.1. The van der Waals surface area contributed by atoms with Gasteiger partial charge < -0.3 is 4.74 Å². The second kappa shape index (κ2) is 6.93. The summed E-state index contributed by atoms with van der Waals surface area (Å²) in [6.45, 7) is -0.164. The molecule has 3 rings (SSSR count). The summed E-state index contributed by atoms with van der Waals surface area (Å²) in [5.41, 5.74) is 0.594. The molecule has 0 bridgehead atoms. The number of carbonyl (C=O) groups is 1. The van der Waals surface area contributed by atoms with Gasteiger partial charge in [-0.2, -0.15) is 0 Å². The third kappa shape index (κ3) is 3.45. The summed E-state index contributed by atoms with van der Waals surface area (Å²) in [4.78, 5) is 28.5. The van der Waals surface area contributed by atoms with E-state index in [0.29, 0.717) is 11.3 Å². The van der Waals surface area contributed by atoms with Gasteiger partial charge in [0.2, 0.25) is 0 Å². The third-order valence-corrected chi connectivity index (χ3v) is 4.29. The van der Waals surface area contributed by atoms with E-state index in [-0.39, 0.29) is 27.8 Å². The molecule has 122 valence electrons. The molecule has 0 aliphatic heterocycles. The van der Waals surface area contributed by atoms with Gasteiger partial charge in [0.25, 0.3) is 5.56 Å². The molecular formula is C16H9BrCl2N2O3. The largest absolute Gasteiger partial charge is 0.455 e. The number of rotatable bonds is 3. The Hall–Kier alpha value is -1.89. The molecule has 24 heavy (non-hydrogen) atoms. The Kier molecular flexibility index (Phi) is 4.89. The zero-order valence-electron chi connectivity index (χ0n) is 12.0. The van der Waals surface area contributed by atoms with Crippen LogP contribution in [0.1, 0.15) is 16.1 Å². The van der Waals surface area contributed by atoms with Crippen LogP contribution >= 0.6 is 39.1 Å². The lowest BCUT2D eigenvalue weighted by molar-refractivity contribution is 0.0468. The van der Waals surface area contributed by atoms with Gasteiger partial charge >= 0.3 is 5.97 Å². The number of pyridine rings is 1. The molecule has 0 saturated carbocycles. The van der Waals surface area contributed by atoms with Gasteiger partial charge in [-0.15, -0.1) is 0 Å². The topological polar surface area (TPSA) is 60.7 Å². The van der Waals surface area contributed by atoms with E-state index in [9.17, 15) is 9.59 Å². The zero-order chi connectivity index (χ0) is 17.3. The number of benzene rings is 1. The molecule has 0 unspecified atom stereocenters. The summed E-state index contributed by atoms with van der Waals surface area (Å²) < 4.78 is 7.32. The van der Waals surface area contributed by atoms with Crippen LogP contribution in [0.15, 0.2) is 51.9 Å². The highest BCUT2D eigenvalue weighted by molar-refractivity contribution is 9.10. The van der Waals surface area contributed by atoms with E-state index in [0.717, 1.165) is 4.47 Å². The number of carbonyl (C=O) groups excluding carboxylic acids is 1. The Balaban J connectivity index is 1.85. The van der Waals surface area contributed by atoms with E-state index >= 15 is 0 Å². The molecule has 5 nitrogen and oxygen atoms in total. The van der Waals surface area contributed by atoms with E-state index < -0.39 is 5.97 Å². The molecule has 1 aromatic carbocycles. The van der Waals surface area contributed by atoms with Gasteiger partial charge in [-0.05, 0) is 40.2 Å². The lowest BCUT2D eigenvalue weighted by Gasteiger charge is -2.08. The summed E-state index contributed by atoms with van der Waals surface area (Å²) in [5, 5.41) is 0.396. The Labute approximate surface area is 154 Å². The van der Waals surface area contributed by atoms with Crippen molar-refractivity contribution in [2.24, 2.45) is 0 Å². The minimum absolute atomic E-state index is 0.0854. The summed E-state index contributed by atoms with van der Waals surface area (Å²) in [7, 11) is 0. The summed E-state index contributed by atoms with van der Waals surface area (Å²) >= 11 is 15.2. The molecule has 0 aliphatic rings. The van der Waals surface area contributed by atoms with Gasteiger partial charge in [0.1, 0.15) is 12.3 Å². The van der Waals surface area contributed by atoms with Crippen LogP contribution in [0.3, 0.4) is 0 Å². The van der Waals surface area contributed by atoms with Crippen LogP contribution in [0.25, 0.3) is 5.65 Å². The predicted molar refractivity (Wildman–Crippen MR) is 94.7 cm³/mol. The first-order valence-electron chi connectivity index (χ1n) is 6.74. The minimum Gasteiger partial charge on any atom is -0.455 e. The van der Waals surface area contributed by atoms with Crippen molar-refractivity contribution in [2.75, 3.05) is 0 Å². The summed E-state index contributed by atoms with van der Waals surface area (Å²) in [5.74, 6) is -0.677. The van der Waals surface area contributed by atoms with Crippen LogP contribution in [-0.4, -0.2) is 15.4 Å². The number of nitrogens with zero attached hydrogens (tertiary/aromatic N) is 2. The highest BCUT2D eigenvalue weighted by Crippen LogP contribution is 2.25. The van der Waals surface area contributed by atoms with Crippen molar-refractivity contribution in [3.63, 3.8) is 0 Å². The first-order valence-corrected chi connectivity index (χ1v) is 8.29. The maximum atomic E-state index is 12.1. The fraction of sp³-hybridized carbons (Fsp3) is 0.0625. The van der Waals surface area contributed by atoms with Crippen molar-refractivity contribution < 1.29 is 9.53 Å². The van der Waals surface area contributed by atoms with Gasteiger partial charge in [0.15, 0.2) is 0 Å². The standard InChI is InChI=1S/C16H9BrCl2N2O3/c17-9-4-5-13-20-10(6-14(22)21(13)7-9)8-24-16(23)15-11(18)2-1-3-12(15)19/h1-7H,8H2. The van der Waals surface area contributed by atoms with Gasteiger partial charge in [-0.1, -0.05) is 29.3 Å². The summed E-state index contributed by atoms with van der Waals surface area (Å²) in [6, 6.07) is 9.47. The first-order chi connectivity index (χ1) is 11.5. The van der Waals surface area contributed by atoms with Crippen molar-refractivity contribution in [3.8, 4) is 0 Å². The first kappa shape index (κ1) is 17.0. The number of aromatic nitrogens is 2. The van der Waals surface area contributed by atoms with Crippen molar-refractivity contribution >= 4 is 50.7 Å². The van der Waals surface area contributed by atoms with E-state index in [1.54, 1.807) is 36.5 Å². The van der Waals surface area contributed by atoms with Crippen LogP contribution in [0.5, 0.6) is 0 Å². The van der Waals surface area contributed by atoms with Gasteiger partial charge in [0.05, 0.1) is 21.3 Å². The Bertz CT molecular complexity index is 984. The maximum absolute atomic E-state index is 12.1. The normalized spacial score (nSPS) is 10.8. The van der Waals surface area contributed by atoms with E-state index in [1.165, 1.54) is 10.5 Å². The Morgan fingerprint density at radius 3 is 2.62 bits per heavy atom. The molecular weight excluding hydrogens is 419 g/mol. The smallest absolute Gasteiger partial charge is 0.341 e. The predicted octanol–water partition coefficient (Wildman–Crippen LogP) is 4.12. The monoisotopic (exact) mass is 426 g/mol. The Morgan fingerprint density at radius 1 is 1.21 bits per heavy atom. The maximum Gasteiger partial charge on any atom is 0.341 e. The number of hydrogen-bond donors (Lipinski definition) is 0. The van der Waals surface area contributed by atoms with Crippen LogP contribution in [0, 0.1) is 0 Å². The lowest BCUT2D eigenvalue weighted by atomic mass is 10.2. The van der Waals surface area contributed by atoms with Crippen LogP contribution < -0.4 is 5.56 Å². The highest BCUT2D eigenvalue weighted by atomic mass is 79.9. The molecule has 0 spiro atoms. The second-order valence-corrected chi connectivity index (χ2v) is 6.56. The number of fused-ring (bicyclic) bond motifs is 1. The van der Waals surface area contributed by atoms with Crippen LogP contribution in [0.2, 0.25) is 10.0 Å². The summed E-state index contributed by atoms with van der Waals surface area (Å²) in [6.07, 6.45) is 1.62. The molecule has 0 amide bonds. The van der Waals surface area contributed by atoms with Crippen LogP contribution in [-0.2, 0) is 11.3 Å². The molecule has 0 atom stereocenters. The third-order valence-electron chi connectivity index (χ3n) is 3.19. The molecule has 0 saturated heterocycles. The second-order valence-electron chi connectivity index (χ2n) is 4.83. The van der Waals surface area contributed by atoms with Gasteiger partial charge in [-0.25, -0.2) is 9.78 Å². The highest BCUT2D eigenvalue weighted by Gasteiger charge is 2.16. The van der Waals surface area contributed by atoms with E-state index in [2.05, 4.69) is 20.9 Å². The average Bonchev–Trinajstić information content (AvgIpc) is 2.53.